The standard InChI is InChI=1S/C22H38O5/c1-3-5-8-11-17(23)14-15-19-18(20(24)16-21(19)25)12-9-6-7-10-13-22(26)27-4-2/h14-15,17-20,23-24H,3-13,16H2,1-2H3/b15-14+/t17-,18+,19+,20-/m0/s1. The van der Waals surface area contributed by atoms with Crippen molar-refractivity contribution < 1.29 is 24.5 Å². The van der Waals surface area contributed by atoms with Crippen LogP contribution in [0.25, 0.3) is 0 Å². The van der Waals surface area contributed by atoms with Crippen molar-refractivity contribution in [2.24, 2.45) is 11.8 Å². The highest BCUT2D eigenvalue weighted by Gasteiger charge is 2.39. The van der Waals surface area contributed by atoms with E-state index in [0.717, 1.165) is 57.8 Å². The lowest BCUT2D eigenvalue weighted by atomic mass is 9.88. The summed E-state index contributed by atoms with van der Waals surface area (Å²) in [6.45, 7) is 4.36. The number of esters is 1. The molecule has 0 aromatic rings. The Labute approximate surface area is 164 Å². The first-order chi connectivity index (χ1) is 13.0. The van der Waals surface area contributed by atoms with Crippen molar-refractivity contribution in [1.29, 1.82) is 0 Å². The molecule has 0 aromatic heterocycles. The van der Waals surface area contributed by atoms with Crippen LogP contribution in [-0.2, 0) is 14.3 Å². The van der Waals surface area contributed by atoms with Crippen molar-refractivity contribution in [1.82, 2.24) is 0 Å². The Morgan fingerprint density at radius 3 is 2.63 bits per heavy atom. The number of carbonyl (C=O) groups is 2. The van der Waals surface area contributed by atoms with Gasteiger partial charge in [0.15, 0.2) is 0 Å². The van der Waals surface area contributed by atoms with Crippen LogP contribution >= 0.6 is 0 Å². The SMILES string of the molecule is CCCCC[C@H](O)/C=C/[C@H]1C(=O)C[C@H](O)[C@@H]1CCCCCCC(=O)OCC. The molecule has 0 amide bonds. The van der Waals surface area contributed by atoms with Crippen LogP contribution in [0.2, 0.25) is 0 Å². The molecule has 0 saturated heterocycles. The molecule has 1 rings (SSSR count). The van der Waals surface area contributed by atoms with E-state index in [9.17, 15) is 19.8 Å². The number of aliphatic hydroxyl groups is 2. The molecule has 5 heteroatoms. The highest BCUT2D eigenvalue weighted by molar-refractivity contribution is 5.85. The van der Waals surface area contributed by atoms with Gasteiger partial charge in [-0.15, -0.1) is 0 Å². The average molecular weight is 383 g/mol. The van der Waals surface area contributed by atoms with Crippen LogP contribution in [0.5, 0.6) is 0 Å². The molecule has 1 aliphatic carbocycles. The van der Waals surface area contributed by atoms with Gasteiger partial charge in [0.05, 0.1) is 18.8 Å². The van der Waals surface area contributed by atoms with Crippen molar-refractivity contribution in [2.75, 3.05) is 6.61 Å². The van der Waals surface area contributed by atoms with Crippen LogP contribution in [0, 0.1) is 11.8 Å². The molecule has 0 radical (unpaired) electrons. The molecule has 0 spiro atoms. The van der Waals surface area contributed by atoms with Crippen LogP contribution in [0.1, 0.15) is 84.5 Å². The zero-order valence-electron chi connectivity index (χ0n) is 17.1. The Balaban J connectivity index is 2.34. The number of allylic oxidation sites excluding steroid dienone is 1. The van der Waals surface area contributed by atoms with Crippen LogP contribution in [0.3, 0.4) is 0 Å². The van der Waals surface area contributed by atoms with Crippen LogP contribution in [-0.4, -0.2) is 40.8 Å². The number of ether oxygens (including phenoxy) is 1. The van der Waals surface area contributed by atoms with Gasteiger partial charge >= 0.3 is 5.97 Å². The maximum Gasteiger partial charge on any atom is 0.305 e. The van der Waals surface area contributed by atoms with Gasteiger partial charge in [-0.25, -0.2) is 0 Å². The smallest absolute Gasteiger partial charge is 0.305 e. The fraction of sp³-hybridized carbons (Fsp3) is 0.818. The maximum absolute atomic E-state index is 12.2. The van der Waals surface area contributed by atoms with Crippen molar-refractivity contribution >= 4 is 11.8 Å². The molecular weight excluding hydrogens is 344 g/mol. The second-order valence-electron chi connectivity index (χ2n) is 7.63. The number of aliphatic hydroxyl groups excluding tert-OH is 2. The molecule has 1 aliphatic rings. The Morgan fingerprint density at radius 1 is 1.19 bits per heavy atom. The summed E-state index contributed by atoms with van der Waals surface area (Å²) in [5, 5.41) is 20.3. The summed E-state index contributed by atoms with van der Waals surface area (Å²) in [6, 6.07) is 0. The summed E-state index contributed by atoms with van der Waals surface area (Å²) in [4.78, 5) is 23.5. The summed E-state index contributed by atoms with van der Waals surface area (Å²) in [7, 11) is 0. The summed E-state index contributed by atoms with van der Waals surface area (Å²) < 4.78 is 4.91. The first-order valence-corrected chi connectivity index (χ1v) is 10.7. The van der Waals surface area contributed by atoms with Gasteiger partial charge in [-0.2, -0.15) is 0 Å². The number of hydrogen-bond acceptors (Lipinski definition) is 5. The van der Waals surface area contributed by atoms with Crippen molar-refractivity contribution in [3.05, 3.63) is 12.2 Å². The van der Waals surface area contributed by atoms with E-state index in [2.05, 4.69) is 6.92 Å². The van der Waals surface area contributed by atoms with Crippen LogP contribution in [0.15, 0.2) is 12.2 Å². The zero-order chi connectivity index (χ0) is 20.1. The highest BCUT2D eigenvalue weighted by Crippen LogP contribution is 2.34. The van der Waals surface area contributed by atoms with E-state index >= 15 is 0 Å². The molecular formula is C22H38O5. The second kappa shape index (κ2) is 13.9. The fourth-order valence-corrected chi connectivity index (χ4v) is 3.78. The van der Waals surface area contributed by atoms with E-state index in [1.807, 2.05) is 6.08 Å². The van der Waals surface area contributed by atoms with E-state index in [1.165, 1.54) is 0 Å². The Kier molecular flexibility index (Phi) is 12.3. The van der Waals surface area contributed by atoms with E-state index in [0.29, 0.717) is 13.0 Å². The molecule has 1 saturated carbocycles. The van der Waals surface area contributed by atoms with Crippen LogP contribution in [0.4, 0.5) is 0 Å². The largest absolute Gasteiger partial charge is 0.466 e. The third-order valence-corrected chi connectivity index (χ3v) is 5.36. The number of Topliss-reactive ketones (excluding diaryl/α,β-unsaturated/α-hetero) is 1. The van der Waals surface area contributed by atoms with Crippen molar-refractivity contribution in [2.45, 2.75) is 96.7 Å². The third kappa shape index (κ3) is 9.52. The van der Waals surface area contributed by atoms with Gasteiger partial charge in [-0.3, -0.25) is 9.59 Å². The fourth-order valence-electron chi connectivity index (χ4n) is 3.78. The monoisotopic (exact) mass is 382 g/mol. The summed E-state index contributed by atoms with van der Waals surface area (Å²) in [5.74, 6) is -0.397. The minimum Gasteiger partial charge on any atom is -0.466 e. The van der Waals surface area contributed by atoms with E-state index in [1.54, 1.807) is 13.0 Å². The molecule has 4 atom stereocenters. The number of hydrogen-bond donors (Lipinski definition) is 2. The quantitative estimate of drug-likeness (QED) is 0.270. The summed E-state index contributed by atoms with van der Waals surface area (Å²) in [6.07, 6.45) is 11.5. The minimum atomic E-state index is -0.580. The molecule has 2 N–H and O–H groups in total. The van der Waals surface area contributed by atoms with Crippen LogP contribution < -0.4 is 0 Å². The van der Waals surface area contributed by atoms with Crippen molar-refractivity contribution in [3.63, 3.8) is 0 Å². The molecule has 0 unspecified atom stereocenters. The number of carbonyl (C=O) groups excluding carboxylic acids is 2. The van der Waals surface area contributed by atoms with E-state index < -0.39 is 12.2 Å². The molecule has 0 heterocycles. The lowest BCUT2D eigenvalue weighted by Crippen LogP contribution is -2.19. The maximum atomic E-state index is 12.2. The predicted molar refractivity (Wildman–Crippen MR) is 106 cm³/mol. The molecule has 0 bridgehead atoms. The molecule has 0 aliphatic heterocycles. The lowest BCUT2D eigenvalue weighted by molar-refractivity contribution is -0.143. The zero-order valence-corrected chi connectivity index (χ0v) is 17.1. The Hall–Kier alpha value is -1.20. The highest BCUT2D eigenvalue weighted by atomic mass is 16.5. The topological polar surface area (TPSA) is 83.8 Å². The van der Waals surface area contributed by atoms with Gasteiger partial charge in [-0.05, 0) is 32.1 Å². The molecule has 27 heavy (non-hydrogen) atoms. The number of unbranched alkanes of at least 4 members (excludes halogenated alkanes) is 5. The predicted octanol–water partition coefficient (Wildman–Crippen LogP) is 3.95. The van der Waals surface area contributed by atoms with Gasteiger partial charge in [0, 0.05) is 18.8 Å². The first kappa shape index (κ1) is 23.8. The van der Waals surface area contributed by atoms with Gasteiger partial charge < -0.3 is 14.9 Å². The van der Waals surface area contributed by atoms with Gasteiger partial charge in [0.1, 0.15) is 5.78 Å². The number of ketones is 1. The van der Waals surface area contributed by atoms with E-state index in [-0.39, 0.29) is 30.0 Å². The second-order valence-corrected chi connectivity index (χ2v) is 7.63. The molecule has 1 fully saturated rings. The average Bonchev–Trinajstić information content (AvgIpc) is 2.89. The van der Waals surface area contributed by atoms with E-state index in [4.69, 9.17) is 4.74 Å². The first-order valence-electron chi connectivity index (χ1n) is 10.7. The van der Waals surface area contributed by atoms with Gasteiger partial charge in [-0.1, -0.05) is 57.6 Å². The summed E-state index contributed by atoms with van der Waals surface area (Å²) in [5.41, 5.74) is 0. The Morgan fingerprint density at radius 2 is 1.93 bits per heavy atom. The summed E-state index contributed by atoms with van der Waals surface area (Å²) >= 11 is 0. The Bertz CT molecular complexity index is 460. The normalized spacial score (nSPS) is 23.9. The lowest BCUT2D eigenvalue weighted by Gasteiger charge is -2.18. The molecule has 0 aromatic carbocycles. The molecule has 5 nitrogen and oxygen atoms in total. The third-order valence-electron chi connectivity index (χ3n) is 5.36. The van der Waals surface area contributed by atoms with Gasteiger partial charge in [0.2, 0.25) is 0 Å². The molecule has 156 valence electrons. The number of rotatable bonds is 14. The minimum absolute atomic E-state index is 0.0540. The van der Waals surface area contributed by atoms with Crippen molar-refractivity contribution in [3.8, 4) is 0 Å². The van der Waals surface area contributed by atoms with Gasteiger partial charge in [0.25, 0.3) is 0 Å².